The van der Waals surface area contributed by atoms with Gasteiger partial charge < -0.3 is 10.6 Å². The zero-order valence-electron chi connectivity index (χ0n) is 15.7. The van der Waals surface area contributed by atoms with Crippen molar-refractivity contribution in [1.29, 1.82) is 0 Å². The third kappa shape index (κ3) is 4.34. The molecule has 2 N–H and O–H groups in total. The largest absolute Gasteiger partial charge is 0.362 e. The predicted octanol–water partition coefficient (Wildman–Crippen LogP) is 7.17. The summed E-state index contributed by atoms with van der Waals surface area (Å²) in [7, 11) is 0. The van der Waals surface area contributed by atoms with Gasteiger partial charge in [0.05, 0.1) is 0 Å². The van der Waals surface area contributed by atoms with Crippen LogP contribution in [0.25, 0.3) is 11.1 Å². The highest BCUT2D eigenvalue weighted by Gasteiger charge is 2.09. The average molecular weight is 342 g/mol. The molecule has 0 aliphatic heterocycles. The van der Waals surface area contributed by atoms with Crippen LogP contribution in [0.3, 0.4) is 0 Å². The maximum absolute atomic E-state index is 3.59. The maximum Gasteiger partial charge on any atom is 0.0464 e. The Bertz CT molecular complexity index is 880. The Morgan fingerprint density at radius 2 is 1.58 bits per heavy atom. The van der Waals surface area contributed by atoms with Gasteiger partial charge in [0.1, 0.15) is 0 Å². The molecule has 132 valence electrons. The van der Waals surface area contributed by atoms with Crippen molar-refractivity contribution in [1.82, 2.24) is 0 Å². The summed E-state index contributed by atoms with van der Waals surface area (Å²) in [6, 6.07) is 25.6. The summed E-state index contributed by atoms with van der Waals surface area (Å²) in [5.74, 6) is 0.500. The van der Waals surface area contributed by atoms with Gasteiger partial charge in [-0.05, 0) is 60.5 Å². The highest BCUT2D eigenvalue weighted by atomic mass is 14.9. The van der Waals surface area contributed by atoms with Crippen molar-refractivity contribution in [3.05, 3.63) is 90.6 Å². The van der Waals surface area contributed by atoms with Crippen LogP contribution >= 0.6 is 0 Å². The van der Waals surface area contributed by atoms with Crippen molar-refractivity contribution in [3.63, 3.8) is 0 Å². The Labute approximate surface area is 156 Å². The third-order valence-electron chi connectivity index (χ3n) is 4.35. The maximum atomic E-state index is 3.59. The third-order valence-corrected chi connectivity index (χ3v) is 4.35. The summed E-state index contributed by atoms with van der Waals surface area (Å²) in [5, 5.41) is 6.86. The Morgan fingerprint density at radius 1 is 0.808 bits per heavy atom. The monoisotopic (exact) mass is 342 g/mol. The van der Waals surface area contributed by atoms with Gasteiger partial charge in [0.2, 0.25) is 0 Å². The van der Waals surface area contributed by atoms with E-state index in [-0.39, 0.29) is 0 Å². The topological polar surface area (TPSA) is 24.1 Å². The van der Waals surface area contributed by atoms with Crippen LogP contribution in [0.15, 0.2) is 85.1 Å². The van der Waals surface area contributed by atoms with Gasteiger partial charge in [0.15, 0.2) is 0 Å². The Hall–Kier alpha value is -3.00. The van der Waals surface area contributed by atoms with E-state index in [0.717, 1.165) is 17.1 Å². The first-order valence-electron chi connectivity index (χ1n) is 9.11. The average Bonchev–Trinajstić information content (AvgIpc) is 2.67. The molecule has 0 amide bonds. The zero-order chi connectivity index (χ0) is 18.4. The van der Waals surface area contributed by atoms with Gasteiger partial charge in [-0.15, -0.1) is 0 Å². The van der Waals surface area contributed by atoms with Crippen LogP contribution in [0.2, 0.25) is 0 Å². The fraction of sp³-hybridized carbons (Fsp3) is 0.167. The molecule has 0 radical (unpaired) electrons. The highest BCUT2D eigenvalue weighted by Crippen LogP contribution is 2.33. The minimum Gasteiger partial charge on any atom is -0.362 e. The van der Waals surface area contributed by atoms with Crippen LogP contribution in [0.1, 0.15) is 32.3 Å². The van der Waals surface area contributed by atoms with E-state index in [1.165, 1.54) is 16.7 Å². The van der Waals surface area contributed by atoms with E-state index in [2.05, 4.69) is 97.3 Å². The molecule has 26 heavy (non-hydrogen) atoms. The number of benzene rings is 3. The first-order chi connectivity index (χ1) is 12.7. The van der Waals surface area contributed by atoms with E-state index in [1.54, 1.807) is 0 Å². The lowest BCUT2D eigenvalue weighted by molar-refractivity contribution is 0.867. The number of hydrogen-bond donors (Lipinski definition) is 2. The molecule has 2 nitrogen and oxygen atoms in total. The second-order valence-corrected chi connectivity index (χ2v) is 6.68. The normalized spacial score (nSPS) is 11.1. The molecule has 0 bridgehead atoms. The second-order valence-electron chi connectivity index (χ2n) is 6.68. The summed E-state index contributed by atoms with van der Waals surface area (Å²) in [5.41, 5.74) is 7.04. The summed E-state index contributed by atoms with van der Waals surface area (Å²) >= 11 is 0. The molecule has 0 fully saturated rings. The van der Waals surface area contributed by atoms with Gasteiger partial charge in [-0.3, -0.25) is 0 Å². The second kappa shape index (κ2) is 8.39. The van der Waals surface area contributed by atoms with Gasteiger partial charge in [-0.2, -0.15) is 0 Å². The summed E-state index contributed by atoms with van der Waals surface area (Å²) in [6.45, 7) is 6.46. The molecule has 0 aliphatic rings. The summed E-state index contributed by atoms with van der Waals surface area (Å²) in [4.78, 5) is 0. The van der Waals surface area contributed by atoms with Crippen molar-refractivity contribution in [2.45, 2.75) is 26.7 Å². The zero-order valence-corrected chi connectivity index (χ0v) is 15.7. The van der Waals surface area contributed by atoms with Crippen LogP contribution in [0.5, 0.6) is 0 Å². The molecule has 0 saturated carbocycles. The van der Waals surface area contributed by atoms with E-state index in [4.69, 9.17) is 0 Å². The fourth-order valence-corrected chi connectivity index (χ4v) is 2.91. The van der Waals surface area contributed by atoms with Gasteiger partial charge in [-0.1, -0.05) is 62.4 Å². The van der Waals surface area contributed by atoms with E-state index in [9.17, 15) is 0 Å². The molecule has 0 heterocycles. The smallest absolute Gasteiger partial charge is 0.0464 e. The molecular formula is C24H26N2. The molecule has 3 aromatic carbocycles. The minimum atomic E-state index is 0.500. The predicted molar refractivity (Wildman–Crippen MR) is 114 cm³/mol. The molecular weight excluding hydrogens is 316 g/mol. The number of anilines is 3. The molecule has 0 unspecified atom stereocenters. The Balaban J connectivity index is 1.97. The molecule has 2 heteroatoms. The summed E-state index contributed by atoms with van der Waals surface area (Å²) < 4.78 is 0. The van der Waals surface area contributed by atoms with E-state index < -0.39 is 0 Å². The van der Waals surface area contributed by atoms with E-state index in [1.807, 2.05) is 19.2 Å². The van der Waals surface area contributed by atoms with Gasteiger partial charge >= 0.3 is 0 Å². The Morgan fingerprint density at radius 3 is 2.31 bits per heavy atom. The van der Waals surface area contributed by atoms with E-state index in [0.29, 0.717) is 5.92 Å². The standard InChI is InChI=1S/C24H26N2/c1-4-15-25-21-11-8-12-22(17-21)26-24-14-13-20(18(2)3)16-23(24)19-9-6-5-7-10-19/h4-18,25-26H,1-3H3/b15-4+. The summed E-state index contributed by atoms with van der Waals surface area (Å²) in [6.07, 6.45) is 3.92. The van der Waals surface area contributed by atoms with Gasteiger partial charge in [0.25, 0.3) is 0 Å². The van der Waals surface area contributed by atoms with Crippen molar-refractivity contribution >= 4 is 17.1 Å². The molecule has 0 atom stereocenters. The number of nitrogens with one attached hydrogen (secondary N) is 2. The molecule has 3 aromatic rings. The molecule has 0 aromatic heterocycles. The lowest BCUT2D eigenvalue weighted by atomic mass is 9.95. The van der Waals surface area contributed by atoms with Crippen molar-refractivity contribution in [3.8, 4) is 11.1 Å². The first kappa shape index (κ1) is 17.8. The van der Waals surface area contributed by atoms with Crippen LogP contribution in [-0.4, -0.2) is 0 Å². The van der Waals surface area contributed by atoms with Gasteiger partial charge in [-0.25, -0.2) is 0 Å². The lowest BCUT2D eigenvalue weighted by Gasteiger charge is -2.16. The van der Waals surface area contributed by atoms with Crippen LogP contribution in [-0.2, 0) is 0 Å². The highest BCUT2D eigenvalue weighted by molar-refractivity contribution is 5.82. The quantitative estimate of drug-likeness (QED) is 0.496. The first-order valence-corrected chi connectivity index (χ1v) is 9.11. The number of allylic oxidation sites excluding steroid dienone is 1. The number of hydrogen-bond acceptors (Lipinski definition) is 2. The van der Waals surface area contributed by atoms with Crippen molar-refractivity contribution < 1.29 is 0 Å². The fourth-order valence-electron chi connectivity index (χ4n) is 2.91. The van der Waals surface area contributed by atoms with Crippen LogP contribution in [0, 0.1) is 0 Å². The van der Waals surface area contributed by atoms with Gasteiger partial charge in [0, 0.05) is 22.6 Å². The van der Waals surface area contributed by atoms with Crippen LogP contribution in [0.4, 0.5) is 17.1 Å². The SMILES string of the molecule is C/C=C/Nc1cccc(Nc2ccc(C(C)C)cc2-c2ccccc2)c1. The van der Waals surface area contributed by atoms with Crippen molar-refractivity contribution in [2.24, 2.45) is 0 Å². The number of rotatable bonds is 6. The van der Waals surface area contributed by atoms with Crippen LogP contribution < -0.4 is 10.6 Å². The molecule has 0 spiro atoms. The van der Waals surface area contributed by atoms with Crippen molar-refractivity contribution in [2.75, 3.05) is 10.6 Å². The Kier molecular flexibility index (Phi) is 5.75. The molecule has 0 saturated heterocycles. The molecule has 3 rings (SSSR count). The lowest BCUT2D eigenvalue weighted by Crippen LogP contribution is -1.97. The minimum absolute atomic E-state index is 0.500. The molecule has 0 aliphatic carbocycles. The van der Waals surface area contributed by atoms with E-state index >= 15 is 0 Å².